The fourth-order valence-electron chi connectivity index (χ4n) is 1.86. The Balaban J connectivity index is 2.52. The van der Waals surface area contributed by atoms with Crippen LogP contribution in [0.5, 0.6) is 0 Å². The van der Waals surface area contributed by atoms with Gasteiger partial charge in [-0.15, -0.1) is 0 Å². The van der Waals surface area contributed by atoms with Crippen LogP contribution >= 0.6 is 22.6 Å². The zero-order valence-electron chi connectivity index (χ0n) is 7.18. The van der Waals surface area contributed by atoms with Gasteiger partial charge in [-0.2, -0.15) is 0 Å². The Labute approximate surface area is 86.7 Å². The first-order chi connectivity index (χ1) is 5.70. The van der Waals surface area contributed by atoms with Crippen molar-refractivity contribution in [1.82, 2.24) is 4.98 Å². The minimum atomic E-state index is 0.319. The van der Waals surface area contributed by atoms with Crippen molar-refractivity contribution in [2.24, 2.45) is 0 Å². The lowest BCUT2D eigenvalue weighted by molar-refractivity contribution is 0.566. The largest absolute Gasteiger partial charge is 0.264 e. The van der Waals surface area contributed by atoms with Crippen molar-refractivity contribution in [3.8, 4) is 0 Å². The summed E-state index contributed by atoms with van der Waals surface area (Å²) >= 11 is 2.54. The number of aryl methyl sites for hydroxylation is 1. The van der Waals surface area contributed by atoms with Gasteiger partial charge in [0.1, 0.15) is 0 Å². The summed E-state index contributed by atoms with van der Waals surface area (Å²) in [7, 11) is 0. The first-order valence-corrected chi connectivity index (χ1v) is 5.40. The molecule has 0 aromatic carbocycles. The molecule has 0 N–H and O–H groups in total. The molecule has 0 bridgehead atoms. The Morgan fingerprint density at radius 2 is 2.42 bits per heavy atom. The second-order valence-electron chi connectivity index (χ2n) is 3.58. The minimum Gasteiger partial charge on any atom is -0.264 e. The van der Waals surface area contributed by atoms with Gasteiger partial charge in [-0.05, 0) is 43.4 Å². The van der Waals surface area contributed by atoms with Gasteiger partial charge in [-0.25, -0.2) is 0 Å². The summed E-state index contributed by atoms with van der Waals surface area (Å²) in [6, 6.07) is 2.16. The van der Waals surface area contributed by atoms with E-state index in [2.05, 4.69) is 40.6 Å². The van der Waals surface area contributed by atoms with Crippen LogP contribution in [-0.2, 0) is 9.84 Å². The summed E-state index contributed by atoms with van der Waals surface area (Å²) in [4.78, 5) is 4.19. The molecular formula is C10H12IN. The predicted molar refractivity (Wildman–Crippen MR) is 58.5 cm³/mol. The van der Waals surface area contributed by atoms with E-state index in [0.29, 0.717) is 3.42 Å². The smallest absolute Gasteiger partial charge is 0.0460 e. The van der Waals surface area contributed by atoms with E-state index in [1.165, 1.54) is 30.4 Å². The average Bonchev–Trinajstić information content (AvgIpc) is 2.04. The van der Waals surface area contributed by atoms with Crippen LogP contribution in [0.15, 0.2) is 18.5 Å². The predicted octanol–water partition coefficient (Wildman–Crippen LogP) is 3.07. The van der Waals surface area contributed by atoms with E-state index < -0.39 is 0 Å². The van der Waals surface area contributed by atoms with E-state index in [0.717, 1.165) is 0 Å². The van der Waals surface area contributed by atoms with Crippen LogP contribution in [0.1, 0.15) is 30.9 Å². The van der Waals surface area contributed by atoms with Crippen molar-refractivity contribution in [2.45, 2.75) is 29.6 Å². The summed E-state index contributed by atoms with van der Waals surface area (Å²) in [6.07, 6.45) is 7.76. The van der Waals surface area contributed by atoms with Crippen LogP contribution in [0.2, 0.25) is 0 Å². The van der Waals surface area contributed by atoms with Crippen molar-refractivity contribution >= 4 is 22.6 Å². The molecule has 0 amide bonds. The fourth-order valence-corrected chi connectivity index (χ4v) is 2.72. The average molecular weight is 273 g/mol. The number of nitrogens with zero attached hydrogens (tertiary/aromatic N) is 1. The third-order valence-electron chi connectivity index (χ3n) is 2.57. The highest BCUT2D eigenvalue weighted by atomic mass is 127. The van der Waals surface area contributed by atoms with E-state index in [1.807, 2.05) is 12.4 Å². The molecule has 1 nitrogen and oxygen atoms in total. The number of hydrogen-bond acceptors (Lipinski definition) is 1. The lowest BCUT2D eigenvalue weighted by atomic mass is 9.85. The Morgan fingerprint density at radius 1 is 1.58 bits per heavy atom. The van der Waals surface area contributed by atoms with Crippen LogP contribution in [-0.4, -0.2) is 4.98 Å². The standard InChI is InChI=1S/C10H12IN/c1-10(11)5-2-3-8-4-6-12-7-9(8)10/h4,6-7H,2-3,5H2,1H3. The summed E-state index contributed by atoms with van der Waals surface area (Å²) in [5, 5.41) is 0. The normalized spacial score (nSPS) is 28.2. The molecule has 1 aromatic rings. The highest BCUT2D eigenvalue weighted by molar-refractivity contribution is 14.1. The third-order valence-corrected chi connectivity index (χ3v) is 3.69. The Bertz CT molecular complexity index is 294. The SMILES string of the molecule is CC1(I)CCCc2ccncc21. The molecule has 1 atom stereocenters. The number of aromatic nitrogens is 1. The molecule has 0 saturated carbocycles. The summed E-state index contributed by atoms with van der Waals surface area (Å²) in [5.74, 6) is 0. The van der Waals surface area contributed by atoms with Crippen LogP contribution in [0.25, 0.3) is 0 Å². The first-order valence-electron chi connectivity index (χ1n) is 4.32. The summed E-state index contributed by atoms with van der Waals surface area (Å²) in [5.41, 5.74) is 2.94. The summed E-state index contributed by atoms with van der Waals surface area (Å²) < 4.78 is 0.319. The molecule has 64 valence electrons. The third kappa shape index (κ3) is 1.37. The van der Waals surface area contributed by atoms with Crippen LogP contribution in [0.4, 0.5) is 0 Å². The van der Waals surface area contributed by atoms with Crippen molar-refractivity contribution in [2.75, 3.05) is 0 Å². The topological polar surface area (TPSA) is 12.9 Å². The Hall–Kier alpha value is -0.120. The van der Waals surface area contributed by atoms with Crippen LogP contribution in [0, 0.1) is 0 Å². The number of pyridine rings is 1. The molecule has 1 unspecified atom stereocenters. The van der Waals surface area contributed by atoms with Gasteiger partial charge >= 0.3 is 0 Å². The molecule has 0 spiro atoms. The van der Waals surface area contributed by atoms with Crippen LogP contribution < -0.4 is 0 Å². The molecule has 1 aliphatic rings. The highest BCUT2D eigenvalue weighted by Gasteiger charge is 2.28. The molecule has 0 fully saturated rings. The van der Waals surface area contributed by atoms with E-state index in [1.54, 1.807) is 0 Å². The molecule has 1 heterocycles. The molecule has 2 heteroatoms. The van der Waals surface area contributed by atoms with E-state index in [-0.39, 0.29) is 0 Å². The van der Waals surface area contributed by atoms with Gasteiger partial charge in [0.2, 0.25) is 0 Å². The molecular weight excluding hydrogens is 261 g/mol. The number of halogens is 1. The van der Waals surface area contributed by atoms with E-state index in [4.69, 9.17) is 0 Å². The van der Waals surface area contributed by atoms with Gasteiger partial charge in [-0.3, -0.25) is 4.98 Å². The van der Waals surface area contributed by atoms with Crippen molar-refractivity contribution in [1.29, 1.82) is 0 Å². The van der Waals surface area contributed by atoms with Crippen molar-refractivity contribution in [3.63, 3.8) is 0 Å². The molecule has 0 aliphatic heterocycles. The fraction of sp³-hybridized carbons (Fsp3) is 0.500. The molecule has 0 radical (unpaired) electrons. The lowest BCUT2D eigenvalue weighted by Gasteiger charge is -2.29. The van der Waals surface area contributed by atoms with E-state index >= 15 is 0 Å². The maximum absolute atomic E-state index is 4.19. The van der Waals surface area contributed by atoms with Gasteiger partial charge < -0.3 is 0 Å². The molecule has 12 heavy (non-hydrogen) atoms. The van der Waals surface area contributed by atoms with Crippen molar-refractivity contribution < 1.29 is 0 Å². The maximum Gasteiger partial charge on any atom is 0.0460 e. The Kier molecular flexibility index (Phi) is 2.10. The zero-order valence-corrected chi connectivity index (χ0v) is 9.34. The van der Waals surface area contributed by atoms with Gasteiger partial charge in [0, 0.05) is 15.8 Å². The second-order valence-corrected chi connectivity index (χ2v) is 5.96. The first kappa shape index (κ1) is 8.48. The summed E-state index contributed by atoms with van der Waals surface area (Å²) in [6.45, 7) is 2.30. The Morgan fingerprint density at radius 3 is 3.17 bits per heavy atom. The van der Waals surface area contributed by atoms with Gasteiger partial charge in [0.25, 0.3) is 0 Å². The molecule has 1 aromatic heterocycles. The minimum absolute atomic E-state index is 0.319. The molecule has 1 aliphatic carbocycles. The van der Waals surface area contributed by atoms with Gasteiger partial charge in [0.15, 0.2) is 0 Å². The maximum atomic E-state index is 4.19. The lowest BCUT2D eigenvalue weighted by Crippen LogP contribution is -2.20. The van der Waals surface area contributed by atoms with E-state index in [9.17, 15) is 0 Å². The van der Waals surface area contributed by atoms with Crippen LogP contribution in [0.3, 0.4) is 0 Å². The zero-order chi connectivity index (χ0) is 8.60. The number of hydrogen-bond donors (Lipinski definition) is 0. The number of alkyl halides is 1. The quantitative estimate of drug-likeness (QED) is 0.523. The second kappa shape index (κ2) is 2.98. The molecule has 0 saturated heterocycles. The molecule has 2 rings (SSSR count). The van der Waals surface area contributed by atoms with Gasteiger partial charge in [-0.1, -0.05) is 22.6 Å². The number of rotatable bonds is 0. The highest BCUT2D eigenvalue weighted by Crippen LogP contribution is 2.41. The monoisotopic (exact) mass is 273 g/mol. The number of fused-ring (bicyclic) bond motifs is 1. The van der Waals surface area contributed by atoms with Gasteiger partial charge in [0.05, 0.1) is 0 Å². The van der Waals surface area contributed by atoms with Crippen molar-refractivity contribution in [3.05, 3.63) is 29.6 Å².